The van der Waals surface area contributed by atoms with Gasteiger partial charge in [-0.1, -0.05) is 0 Å². The minimum atomic E-state index is -2.54. The van der Waals surface area contributed by atoms with Crippen molar-refractivity contribution in [3.8, 4) is 0 Å². The van der Waals surface area contributed by atoms with E-state index in [1.165, 1.54) is 6.92 Å². The predicted octanol–water partition coefficient (Wildman–Crippen LogP) is -18.9. The maximum absolute atomic E-state index is 13.2. The Morgan fingerprint density at radius 1 is 0.246 bits per heavy atom. The Bertz CT molecular complexity index is 3080. The number of carbonyl (C=O) groups is 5. The molecule has 0 aromatic carbocycles. The molecule has 0 spiro atoms. The molecule has 9 heterocycles. The highest BCUT2D eigenvalue weighted by Crippen LogP contribution is 2.39. The normalized spacial score (nSPS) is 48.2. The molecule has 50 nitrogen and oxygen atoms in total. The molecule has 28 N–H and O–H groups in total. The summed E-state index contributed by atoms with van der Waals surface area (Å²) in [6.07, 6.45) is -80.6. The number of aliphatic hydroxyl groups is 23. The van der Waals surface area contributed by atoms with Gasteiger partial charge in [0.2, 0.25) is 29.5 Å². The minimum absolute atomic E-state index is 0.792. The van der Waals surface area contributed by atoms with E-state index in [1.807, 2.05) is 0 Å². The van der Waals surface area contributed by atoms with Gasteiger partial charge >= 0.3 is 0 Å². The molecule has 0 saturated carbocycles. The number of aliphatic hydroxyl groups excluding tert-OH is 23. The van der Waals surface area contributed by atoms with E-state index >= 15 is 0 Å². The summed E-state index contributed by atoms with van der Waals surface area (Å²) in [5.74, 6) is -4.28. The molecule has 0 unspecified atom stereocenters. The number of nitrogens with one attached hydrogen (secondary N) is 5. The van der Waals surface area contributed by atoms with E-state index in [9.17, 15) is 141 Å². The standard InChI is InChI=1S/C64H107N5O45/c1-15-34(80)45(91)48(94)61(101-15)99-14-28-53(43(89)29(56(97)102-28)65-16(2)75)111-60-33(69-20(6)79)44(90)51(24(10-73)106-60)112-63-50(96)54(113-62-49(95)47(93)52(25(11-74)107-62)110-58-31(67-18(4)77)41(87)36(82)22(8-71)104-58)39(85)27(108-63)13-100-64-55(114-59-32(68-19(5)78)42(88)37(83)23(9-72)105-59)46(92)38(84)26(109-64)12-98-57-30(66-17(3)76)40(86)35(81)21(7-70)103-57/h15,21-64,70-74,80-97H,7-14H2,1-6H3,(H,65,75)(H,66,76)(H,67,77)(H,68,78)(H,69,79)/t15-,21+,22+,23+,24+,25+,26+,27+,28+,29+,30+,31+,32+,33+,34+,35+,36+,37+,38+,39+,40+,41+,42+,43+,44+,45+,46-,47+,48-,49-,50-,51+,52+,53+,54-,55-,56+,57+,58-,59-,60-,61+,62+,63-,64-/m0/s1. The van der Waals surface area contributed by atoms with E-state index in [2.05, 4.69) is 26.6 Å². The van der Waals surface area contributed by atoms with Gasteiger partial charge in [0, 0.05) is 34.6 Å². The van der Waals surface area contributed by atoms with Crippen LogP contribution in [-0.4, -0.2) is 476 Å². The fraction of sp³-hybridized carbons (Fsp3) is 0.922. The van der Waals surface area contributed by atoms with Crippen molar-refractivity contribution in [1.29, 1.82) is 0 Å². The highest BCUT2D eigenvalue weighted by Gasteiger charge is 2.60. The first kappa shape index (κ1) is 93.6. The van der Waals surface area contributed by atoms with Gasteiger partial charge < -0.3 is 225 Å². The van der Waals surface area contributed by atoms with Crippen LogP contribution >= 0.6 is 0 Å². The summed E-state index contributed by atoms with van der Waals surface area (Å²) in [7, 11) is 0. The van der Waals surface area contributed by atoms with E-state index in [0.717, 1.165) is 34.6 Å². The van der Waals surface area contributed by atoms with Gasteiger partial charge in [-0.25, -0.2) is 0 Å². The SMILES string of the molecule is CC(=O)N[C@@H]1[C@@H](O)[C@H](O[C@@H]2O[C@H](CO)[C@@H](O[C@@H]3O[C@H](CO[C@H]4O[C@H](CO[C@@H]5O[C@H](CO)[C@@H](O)[C@H](O)[C@H]5NC(C)=O)[C@@H](O)[C@H](O)[C@@H]4O[C@@H]4O[C@H](CO)[C@@H](O)[C@H](O)[C@H]4NC(C)=O)[C@@H](O)[C@H](O[C@H]4O[C@H](CO)[C@@H](O[C@@H]5O[C@H](CO)[C@@H](O)[C@H](O)[C@H]5NC(C)=O)[C@H](O)[C@@H]4O)[C@@H]3O)[C@H](O)[C@H]2NC(C)=O)[C@@H](CO[C@@H]2O[C@@H](C)[C@@H](O)[C@@H](O)[C@@H]2O)O[C@H]1O. The second kappa shape index (κ2) is 40.9. The Kier molecular flexibility index (Phi) is 33.6. The zero-order valence-corrected chi connectivity index (χ0v) is 61.9. The molecular formula is C64H107N5O45. The summed E-state index contributed by atoms with van der Waals surface area (Å²) in [5, 5.41) is 269. The maximum Gasteiger partial charge on any atom is 0.217 e. The third-order valence-corrected chi connectivity index (χ3v) is 20.7. The van der Waals surface area contributed by atoms with Crippen LogP contribution in [0.1, 0.15) is 41.5 Å². The van der Waals surface area contributed by atoms with Gasteiger partial charge in [0.25, 0.3) is 0 Å². The van der Waals surface area contributed by atoms with E-state index in [1.54, 1.807) is 0 Å². The lowest BCUT2D eigenvalue weighted by atomic mass is 9.93. The molecule has 9 fully saturated rings. The monoisotopic (exact) mass is 1670 g/mol. The molecule has 5 amide bonds. The zero-order valence-electron chi connectivity index (χ0n) is 61.9. The Labute approximate surface area is 646 Å². The van der Waals surface area contributed by atoms with Crippen molar-refractivity contribution < 1.29 is 222 Å². The number of ether oxygens (including phenoxy) is 17. The molecule has 0 aliphatic carbocycles. The number of carbonyl (C=O) groups excluding carboxylic acids is 5. The first-order valence-corrected chi connectivity index (χ1v) is 36.5. The van der Waals surface area contributed by atoms with Crippen molar-refractivity contribution in [2.24, 2.45) is 0 Å². The fourth-order valence-corrected chi connectivity index (χ4v) is 14.6. The lowest BCUT2D eigenvalue weighted by Gasteiger charge is -2.51. The van der Waals surface area contributed by atoms with Crippen LogP contribution in [0.2, 0.25) is 0 Å². The highest BCUT2D eigenvalue weighted by atomic mass is 16.8. The topological polar surface area (TPSA) is 768 Å². The van der Waals surface area contributed by atoms with Gasteiger partial charge in [-0.05, 0) is 6.92 Å². The molecule has 9 aliphatic heterocycles. The van der Waals surface area contributed by atoms with Crippen LogP contribution in [0.5, 0.6) is 0 Å². The van der Waals surface area contributed by atoms with Crippen LogP contribution in [0.15, 0.2) is 0 Å². The summed E-state index contributed by atoms with van der Waals surface area (Å²) in [4.78, 5) is 62.9. The summed E-state index contributed by atoms with van der Waals surface area (Å²) < 4.78 is 101. The van der Waals surface area contributed by atoms with Crippen LogP contribution in [0, 0.1) is 0 Å². The van der Waals surface area contributed by atoms with Crippen molar-refractivity contribution in [3.05, 3.63) is 0 Å². The van der Waals surface area contributed by atoms with Crippen LogP contribution in [0.3, 0.4) is 0 Å². The van der Waals surface area contributed by atoms with Crippen LogP contribution in [0.4, 0.5) is 0 Å². The van der Waals surface area contributed by atoms with E-state index < -0.39 is 358 Å². The molecule has 50 heteroatoms. The Hall–Kier alpha value is -4.25. The van der Waals surface area contributed by atoms with Crippen LogP contribution in [0.25, 0.3) is 0 Å². The molecule has 9 aliphatic rings. The summed E-state index contributed by atoms with van der Waals surface area (Å²) >= 11 is 0. The molecule has 9 rings (SSSR count). The van der Waals surface area contributed by atoms with E-state index in [0.29, 0.717) is 0 Å². The lowest BCUT2D eigenvalue weighted by molar-refractivity contribution is -0.392. The molecule has 0 aromatic heterocycles. The quantitative estimate of drug-likeness (QED) is 0.0331. The second-order valence-electron chi connectivity index (χ2n) is 29.0. The van der Waals surface area contributed by atoms with Crippen molar-refractivity contribution in [2.45, 2.75) is 318 Å². The molecule has 0 aromatic rings. The Morgan fingerprint density at radius 2 is 0.544 bits per heavy atom. The Balaban J connectivity index is 1.05. The third kappa shape index (κ3) is 21.2. The average Bonchev–Trinajstić information content (AvgIpc) is 0.758. The van der Waals surface area contributed by atoms with Gasteiger partial charge in [-0.15, -0.1) is 0 Å². The summed E-state index contributed by atoms with van der Waals surface area (Å²) in [5.41, 5.74) is 0. The van der Waals surface area contributed by atoms with Crippen molar-refractivity contribution >= 4 is 29.5 Å². The largest absolute Gasteiger partial charge is 0.394 e. The van der Waals surface area contributed by atoms with Gasteiger partial charge in [-0.2, -0.15) is 0 Å². The molecule has 114 heavy (non-hydrogen) atoms. The average molecular weight is 1670 g/mol. The lowest BCUT2D eigenvalue weighted by Crippen LogP contribution is -2.70. The molecule has 658 valence electrons. The first-order valence-electron chi connectivity index (χ1n) is 36.5. The van der Waals surface area contributed by atoms with E-state index in [-0.39, 0.29) is 0 Å². The van der Waals surface area contributed by atoms with Gasteiger partial charge in [0.15, 0.2) is 56.6 Å². The molecule has 0 radical (unpaired) electrons. The van der Waals surface area contributed by atoms with Crippen molar-refractivity contribution in [1.82, 2.24) is 26.6 Å². The molecule has 45 atom stereocenters. The molecular weight excluding hydrogens is 1560 g/mol. The summed E-state index contributed by atoms with van der Waals surface area (Å²) in [6.45, 7) is -2.05. The highest BCUT2D eigenvalue weighted by molar-refractivity contribution is 5.75. The predicted molar refractivity (Wildman–Crippen MR) is 354 cm³/mol. The third-order valence-electron chi connectivity index (χ3n) is 20.7. The number of amides is 5. The number of rotatable bonds is 29. The maximum atomic E-state index is 13.2. The summed E-state index contributed by atoms with van der Waals surface area (Å²) in [6, 6.07) is -8.81. The van der Waals surface area contributed by atoms with Crippen LogP contribution in [-0.2, 0) is 104 Å². The fourth-order valence-electron chi connectivity index (χ4n) is 14.6. The number of hydrogen-bond donors (Lipinski definition) is 28. The number of hydrogen-bond acceptors (Lipinski definition) is 45. The van der Waals surface area contributed by atoms with Crippen molar-refractivity contribution in [2.75, 3.05) is 52.9 Å². The minimum Gasteiger partial charge on any atom is -0.394 e. The Morgan fingerprint density at radius 3 is 1.02 bits per heavy atom. The van der Waals surface area contributed by atoms with Crippen molar-refractivity contribution in [3.63, 3.8) is 0 Å². The molecule has 9 saturated heterocycles. The van der Waals surface area contributed by atoms with Gasteiger partial charge in [0.05, 0.1) is 59.0 Å². The first-order chi connectivity index (χ1) is 53.8. The second-order valence-corrected chi connectivity index (χ2v) is 29.0. The smallest absolute Gasteiger partial charge is 0.217 e. The van der Waals surface area contributed by atoms with Crippen LogP contribution < -0.4 is 26.6 Å². The zero-order chi connectivity index (χ0) is 84.1. The van der Waals surface area contributed by atoms with Gasteiger partial charge in [-0.3, -0.25) is 24.0 Å². The molecule has 0 bridgehead atoms. The van der Waals surface area contributed by atoms with E-state index in [4.69, 9.17) is 80.5 Å². The van der Waals surface area contributed by atoms with Gasteiger partial charge in [0.1, 0.15) is 213 Å².